The smallest absolute Gasteiger partial charge is 0.310 e. The largest absolute Gasteiger partial charge is 0.457 e. The van der Waals surface area contributed by atoms with Gasteiger partial charge in [0.15, 0.2) is 12.4 Å². The van der Waals surface area contributed by atoms with Crippen molar-refractivity contribution in [1.29, 1.82) is 0 Å². The van der Waals surface area contributed by atoms with Gasteiger partial charge in [0.1, 0.15) is 5.82 Å². The van der Waals surface area contributed by atoms with Crippen molar-refractivity contribution < 1.29 is 23.6 Å². The maximum atomic E-state index is 12.7. The Morgan fingerprint density at radius 2 is 1.65 bits per heavy atom. The first-order valence-corrected chi connectivity index (χ1v) is 6.63. The van der Waals surface area contributed by atoms with E-state index in [0.717, 1.165) is 0 Å². The van der Waals surface area contributed by atoms with Gasteiger partial charge in [0.25, 0.3) is 5.69 Å². The molecule has 0 spiro atoms. The maximum Gasteiger partial charge on any atom is 0.310 e. The van der Waals surface area contributed by atoms with Gasteiger partial charge in [-0.2, -0.15) is 0 Å². The van der Waals surface area contributed by atoms with Gasteiger partial charge in [-0.15, -0.1) is 0 Å². The molecule has 0 amide bonds. The predicted molar refractivity (Wildman–Crippen MR) is 78.5 cm³/mol. The van der Waals surface area contributed by atoms with Crippen molar-refractivity contribution in [2.75, 3.05) is 6.61 Å². The summed E-state index contributed by atoms with van der Waals surface area (Å²) in [7, 11) is 0. The van der Waals surface area contributed by atoms with E-state index in [1.54, 1.807) is 0 Å². The van der Waals surface area contributed by atoms with Crippen molar-refractivity contribution in [2.45, 2.75) is 6.42 Å². The van der Waals surface area contributed by atoms with Crippen LogP contribution in [-0.2, 0) is 16.0 Å². The molecule has 0 aliphatic rings. The molecule has 2 rings (SSSR count). The third-order valence-corrected chi connectivity index (χ3v) is 3.03. The molecule has 0 aliphatic carbocycles. The van der Waals surface area contributed by atoms with Crippen LogP contribution in [-0.4, -0.2) is 23.3 Å². The highest BCUT2D eigenvalue weighted by molar-refractivity contribution is 5.98. The number of ether oxygens (including phenoxy) is 1. The van der Waals surface area contributed by atoms with Crippen molar-refractivity contribution in [3.8, 4) is 0 Å². The average Bonchev–Trinajstić information content (AvgIpc) is 2.55. The Bertz CT molecular complexity index is 725. The van der Waals surface area contributed by atoms with Crippen molar-refractivity contribution in [2.24, 2.45) is 0 Å². The number of rotatable bonds is 6. The summed E-state index contributed by atoms with van der Waals surface area (Å²) in [6, 6.07) is 10.4. The first-order chi connectivity index (χ1) is 11.0. The lowest BCUT2D eigenvalue weighted by molar-refractivity contribution is -0.384. The fourth-order valence-electron chi connectivity index (χ4n) is 1.82. The van der Waals surface area contributed by atoms with Gasteiger partial charge in [-0.05, 0) is 29.8 Å². The van der Waals surface area contributed by atoms with Crippen molar-refractivity contribution in [3.63, 3.8) is 0 Å². The van der Waals surface area contributed by atoms with E-state index in [0.29, 0.717) is 5.56 Å². The van der Waals surface area contributed by atoms with Gasteiger partial charge in [0, 0.05) is 17.7 Å². The number of halogens is 1. The molecule has 0 bridgehead atoms. The molecule has 0 aromatic heterocycles. The molecule has 0 saturated carbocycles. The molecule has 7 heteroatoms. The van der Waals surface area contributed by atoms with Crippen LogP contribution in [0.3, 0.4) is 0 Å². The van der Waals surface area contributed by atoms with Crippen molar-refractivity contribution >= 4 is 17.4 Å². The van der Waals surface area contributed by atoms with E-state index in [1.807, 2.05) is 0 Å². The van der Waals surface area contributed by atoms with E-state index in [-0.39, 0.29) is 17.7 Å². The zero-order valence-corrected chi connectivity index (χ0v) is 11.9. The number of nitro benzene ring substituents is 1. The predicted octanol–water partition coefficient (Wildman–Crippen LogP) is 2.70. The summed E-state index contributed by atoms with van der Waals surface area (Å²) in [6.07, 6.45) is -0.0756. The van der Waals surface area contributed by atoms with Gasteiger partial charge < -0.3 is 4.74 Å². The van der Waals surface area contributed by atoms with Crippen LogP contribution in [0.5, 0.6) is 0 Å². The number of Topliss-reactive ketones (excluding diaryl/α,β-unsaturated/α-hetero) is 1. The third kappa shape index (κ3) is 4.70. The number of esters is 1. The number of benzene rings is 2. The number of carbonyl (C=O) groups is 2. The van der Waals surface area contributed by atoms with Gasteiger partial charge in [0.05, 0.1) is 11.3 Å². The number of nitro groups is 1. The van der Waals surface area contributed by atoms with Crippen LogP contribution < -0.4 is 0 Å². The average molecular weight is 317 g/mol. The van der Waals surface area contributed by atoms with Gasteiger partial charge in [0.2, 0.25) is 0 Å². The minimum Gasteiger partial charge on any atom is -0.457 e. The summed E-state index contributed by atoms with van der Waals surface area (Å²) in [5.41, 5.74) is 0.652. The SMILES string of the molecule is O=C(Cc1ccc(F)cc1)OCC(=O)c1ccc([N+](=O)[O-])cc1. The Kier molecular flexibility index (Phi) is 5.14. The second-order valence-electron chi connectivity index (χ2n) is 4.69. The zero-order chi connectivity index (χ0) is 16.8. The lowest BCUT2D eigenvalue weighted by Gasteiger charge is -2.04. The summed E-state index contributed by atoms with van der Waals surface area (Å²) >= 11 is 0. The summed E-state index contributed by atoms with van der Waals surface area (Å²) in [4.78, 5) is 33.4. The topological polar surface area (TPSA) is 86.5 Å². The molecular weight excluding hydrogens is 305 g/mol. The standard InChI is InChI=1S/C16H12FNO5/c17-13-5-1-11(2-6-13)9-16(20)23-10-15(19)12-3-7-14(8-4-12)18(21)22/h1-8H,9-10H2. The van der Waals surface area contributed by atoms with Crippen LogP contribution >= 0.6 is 0 Å². The first kappa shape index (κ1) is 16.3. The Morgan fingerprint density at radius 1 is 1.04 bits per heavy atom. The quantitative estimate of drug-likeness (QED) is 0.354. The van der Waals surface area contributed by atoms with Gasteiger partial charge >= 0.3 is 5.97 Å². The second-order valence-corrected chi connectivity index (χ2v) is 4.69. The van der Waals surface area contributed by atoms with Crippen molar-refractivity contribution in [3.05, 3.63) is 75.6 Å². The highest BCUT2D eigenvalue weighted by atomic mass is 19.1. The minimum absolute atomic E-state index is 0.0756. The molecule has 0 unspecified atom stereocenters. The number of carbonyl (C=O) groups excluding carboxylic acids is 2. The maximum absolute atomic E-state index is 12.7. The molecule has 0 fully saturated rings. The molecule has 2 aromatic rings. The first-order valence-electron chi connectivity index (χ1n) is 6.63. The van der Waals surface area contributed by atoms with E-state index >= 15 is 0 Å². The molecule has 0 heterocycles. The van der Waals surface area contributed by atoms with E-state index in [2.05, 4.69) is 0 Å². The Labute approximate surface area is 130 Å². The Balaban J connectivity index is 1.87. The monoisotopic (exact) mass is 317 g/mol. The minimum atomic E-state index is -0.619. The van der Waals surface area contributed by atoms with Crippen LogP contribution in [0.25, 0.3) is 0 Å². The summed E-state index contributed by atoms with van der Waals surface area (Å²) in [5, 5.41) is 10.5. The molecule has 0 saturated heterocycles. The van der Waals surface area contributed by atoms with E-state index < -0.39 is 29.1 Å². The fraction of sp³-hybridized carbons (Fsp3) is 0.125. The molecule has 118 valence electrons. The molecular formula is C16H12FNO5. The lowest BCUT2D eigenvalue weighted by Crippen LogP contribution is -2.15. The van der Waals surface area contributed by atoms with Crippen LogP contribution in [0.2, 0.25) is 0 Å². The van der Waals surface area contributed by atoms with Gasteiger partial charge in [-0.25, -0.2) is 4.39 Å². The van der Waals surface area contributed by atoms with Crippen LogP contribution in [0.4, 0.5) is 10.1 Å². The number of nitrogens with zero attached hydrogens (tertiary/aromatic N) is 1. The molecule has 0 aliphatic heterocycles. The Hall–Kier alpha value is -3.09. The van der Waals surface area contributed by atoms with Gasteiger partial charge in [-0.1, -0.05) is 12.1 Å². The van der Waals surface area contributed by atoms with Crippen LogP contribution in [0, 0.1) is 15.9 Å². The summed E-state index contributed by atoms with van der Waals surface area (Å²) in [5.74, 6) is -1.49. The number of non-ortho nitro benzene ring substituents is 1. The van der Waals surface area contributed by atoms with E-state index in [9.17, 15) is 24.1 Å². The summed E-state index contributed by atoms with van der Waals surface area (Å²) in [6.45, 7) is -0.460. The number of ketones is 1. The van der Waals surface area contributed by atoms with Crippen molar-refractivity contribution in [1.82, 2.24) is 0 Å². The highest BCUT2D eigenvalue weighted by Gasteiger charge is 2.12. The lowest BCUT2D eigenvalue weighted by atomic mass is 10.1. The van der Waals surface area contributed by atoms with Crippen LogP contribution in [0.1, 0.15) is 15.9 Å². The fourth-order valence-corrected chi connectivity index (χ4v) is 1.82. The number of hydrogen-bond donors (Lipinski definition) is 0. The normalized spacial score (nSPS) is 10.1. The van der Waals surface area contributed by atoms with E-state index in [4.69, 9.17) is 4.74 Å². The van der Waals surface area contributed by atoms with E-state index in [1.165, 1.54) is 48.5 Å². The second kappa shape index (κ2) is 7.26. The molecule has 0 atom stereocenters. The molecule has 0 radical (unpaired) electrons. The zero-order valence-electron chi connectivity index (χ0n) is 11.9. The highest BCUT2D eigenvalue weighted by Crippen LogP contribution is 2.12. The Morgan fingerprint density at radius 3 is 2.22 bits per heavy atom. The molecule has 2 aromatic carbocycles. The van der Waals surface area contributed by atoms with Crippen LogP contribution in [0.15, 0.2) is 48.5 Å². The summed E-state index contributed by atoms with van der Waals surface area (Å²) < 4.78 is 17.6. The molecule has 6 nitrogen and oxygen atoms in total. The molecule has 0 N–H and O–H groups in total. The molecule has 23 heavy (non-hydrogen) atoms. The third-order valence-electron chi connectivity index (χ3n) is 3.03. The number of hydrogen-bond acceptors (Lipinski definition) is 5. The van der Waals surface area contributed by atoms with Gasteiger partial charge in [-0.3, -0.25) is 19.7 Å².